The Hall–Kier alpha value is -0.470. The zero-order chi connectivity index (χ0) is 8.27. The number of thiol groups is 1. The summed E-state index contributed by atoms with van der Waals surface area (Å²) >= 11 is 3.94. The normalized spacial score (nSPS) is 10.1. The van der Waals surface area contributed by atoms with Crippen molar-refractivity contribution in [2.75, 3.05) is 0 Å². The van der Waals surface area contributed by atoms with Gasteiger partial charge in [0.2, 0.25) is 0 Å². The molecule has 1 nitrogen and oxygen atoms in total. The van der Waals surface area contributed by atoms with Crippen LogP contribution in [0.2, 0.25) is 0 Å². The van der Waals surface area contributed by atoms with Crippen molar-refractivity contribution in [2.45, 2.75) is 20.4 Å². The van der Waals surface area contributed by atoms with Gasteiger partial charge in [0.05, 0.1) is 0 Å². The Morgan fingerprint density at radius 1 is 1.27 bits per heavy atom. The quantitative estimate of drug-likeness (QED) is 0.644. The van der Waals surface area contributed by atoms with E-state index in [1.807, 2.05) is 0 Å². The van der Waals surface area contributed by atoms with Crippen LogP contribution in [0.15, 0.2) is 18.2 Å². The van der Waals surface area contributed by atoms with E-state index in [0.29, 0.717) is 0 Å². The highest BCUT2D eigenvalue weighted by Crippen LogP contribution is 2.09. The zero-order valence-corrected chi connectivity index (χ0v) is 7.78. The fourth-order valence-corrected chi connectivity index (χ4v) is 1.19. The summed E-state index contributed by atoms with van der Waals surface area (Å²) in [7, 11) is 0. The Morgan fingerprint density at radius 2 is 2.00 bits per heavy atom. The largest absolute Gasteiger partial charge is 0.262 e. The minimum absolute atomic E-state index is 0.824. The van der Waals surface area contributed by atoms with Crippen molar-refractivity contribution in [3.8, 4) is 0 Å². The van der Waals surface area contributed by atoms with Gasteiger partial charge >= 0.3 is 0 Å². The third-order valence-corrected chi connectivity index (χ3v) is 2.01. The third kappa shape index (κ3) is 2.24. The van der Waals surface area contributed by atoms with Gasteiger partial charge in [0, 0.05) is 6.54 Å². The van der Waals surface area contributed by atoms with E-state index in [1.165, 1.54) is 16.7 Å². The van der Waals surface area contributed by atoms with Crippen LogP contribution < -0.4 is 4.72 Å². The smallest absolute Gasteiger partial charge is 0.0307 e. The van der Waals surface area contributed by atoms with E-state index in [1.54, 1.807) is 0 Å². The fraction of sp³-hybridized carbons (Fsp3) is 0.333. The first kappa shape index (κ1) is 8.62. The summed E-state index contributed by atoms with van der Waals surface area (Å²) in [6.07, 6.45) is 0. The number of aryl methyl sites for hydroxylation is 2. The average Bonchev–Trinajstić information content (AvgIpc) is 1.98. The highest BCUT2D eigenvalue weighted by atomic mass is 32.1. The highest BCUT2D eigenvalue weighted by Gasteiger charge is 1.93. The van der Waals surface area contributed by atoms with Crippen LogP contribution in [-0.2, 0) is 6.54 Å². The number of rotatable bonds is 2. The molecule has 0 aliphatic rings. The van der Waals surface area contributed by atoms with Crippen LogP contribution in [0.3, 0.4) is 0 Å². The van der Waals surface area contributed by atoms with Crippen molar-refractivity contribution in [3.05, 3.63) is 34.9 Å². The summed E-state index contributed by atoms with van der Waals surface area (Å²) in [6.45, 7) is 5.06. The van der Waals surface area contributed by atoms with Crippen molar-refractivity contribution in [1.82, 2.24) is 4.72 Å². The van der Waals surface area contributed by atoms with Gasteiger partial charge in [-0.1, -0.05) is 31.0 Å². The summed E-state index contributed by atoms with van der Waals surface area (Å²) in [5.74, 6) is 0. The minimum Gasteiger partial charge on any atom is -0.262 e. The Kier molecular flexibility index (Phi) is 2.97. The molecule has 0 aliphatic heterocycles. The predicted octanol–water partition coefficient (Wildman–Crippen LogP) is 2.24. The maximum Gasteiger partial charge on any atom is 0.0307 e. The highest BCUT2D eigenvalue weighted by molar-refractivity contribution is 7.78. The van der Waals surface area contributed by atoms with E-state index in [0.717, 1.165) is 6.54 Å². The number of hydrogen-bond donors (Lipinski definition) is 2. The first-order valence-corrected chi connectivity index (χ1v) is 4.12. The lowest BCUT2D eigenvalue weighted by molar-refractivity contribution is 0.980. The molecule has 60 valence electrons. The molecule has 0 saturated carbocycles. The summed E-state index contributed by atoms with van der Waals surface area (Å²) in [5, 5.41) is 0. The molecule has 0 radical (unpaired) electrons. The summed E-state index contributed by atoms with van der Waals surface area (Å²) in [4.78, 5) is 0. The molecule has 0 spiro atoms. The molecule has 0 bridgehead atoms. The van der Waals surface area contributed by atoms with E-state index < -0.39 is 0 Å². The Balaban J connectivity index is 2.86. The van der Waals surface area contributed by atoms with E-state index in [-0.39, 0.29) is 0 Å². The molecule has 1 N–H and O–H groups in total. The Bertz CT molecular complexity index is 245. The fourth-order valence-electron chi connectivity index (χ4n) is 1.00. The maximum absolute atomic E-state index is 3.94. The van der Waals surface area contributed by atoms with Crippen LogP contribution in [-0.4, -0.2) is 0 Å². The molecular weight excluding hydrogens is 154 g/mol. The van der Waals surface area contributed by atoms with Gasteiger partial charge in [0.15, 0.2) is 0 Å². The van der Waals surface area contributed by atoms with Gasteiger partial charge in [0.25, 0.3) is 0 Å². The van der Waals surface area contributed by atoms with Crippen LogP contribution in [0.25, 0.3) is 0 Å². The number of benzene rings is 1. The molecule has 1 aromatic rings. The molecule has 1 rings (SSSR count). The SMILES string of the molecule is Cc1ccc(CNS)cc1C. The predicted molar refractivity (Wildman–Crippen MR) is 51.7 cm³/mol. The van der Waals surface area contributed by atoms with E-state index >= 15 is 0 Å². The van der Waals surface area contributed by atoms with Crippen LogP contribution >= 0.6 is 12.8 Å². The zero-order valence-electron chi connectivity index (χ0n) is 6.89. The molecule has 0 fully saturated rings. The van der Waals surface area contributed by atoms with Gasteiger partial charge in [-0.3, -0.25) is 4.72 Å². The first-order chi connectivity index (χ1) is 5.24. The van der Waals surface area contributed by atoms with Crippen molar-refractivity contribution in [3.63, 3.8) is 0 Å². The molecule has 0 atom stereocenters. The topological polar surface area (TPSA) is 12.0 Å². The lowest BCUT2D eigenvalue weighted by atomic mass is 10.1. The van der Waals surface area contributed by atoms with Gasteiger partial charge in [-0.05, 0) is 30.5 Å². The number of nitrogens with one attached hydrogen (secondary N) is 1. The molecule has 11 heavy (non-hydrogen) atoms. The second kappa shape index (κ2) is 3.79. The molecule has 2 heteroatoms. The van der Waals surface area contributed by atoms with Crippen LogP contribution in [0.5, 0.6) is 0 Å². The standard InChI is InChI=1S/C9H13NS/c1-7-3-4-9(6-10-11)5-8(7)2/h3-5,10-11H,6H2,1-2H3. The lowest BCUT2D eigenvalue weighted by Gasteiger charge is -2.03. The summed E-state index contributed by atoms with van der Waals surface area (Å²) in [6, 6.07) is 6.43. The average molecular weight is 167 g/mol. The monoisotopic (exact) mass is 167 g/mol. The van der Waals surface area contributed by atoms with Gasteiger partial charge in [-0.25, -0.2) is 0 Å². The van der Waals surface area contributed by atoms with Crippen LogP contribution in [0, 0.1) is 13.8 Å². The van der Waals surface area contributed by atoms with Crippen molar-refractivity contribution in [1.29, 1.82) is 0 Å². The first-order valence-electron chi connectivity index (χ1n) is 3.67. The minimum atomic E-state index is 0.824. The molecule has 0 aliphatic carbocycles. The second-order valence-corrected chi connectivity index (χ2v) is 3.07. The summed E-state index contributed by atoms with van der Waals surface area (Å²) in [5.41, 5.74) is 3.96. The van der Waals surface area contributed by atoms with Crippen molar-refractivity contribution in [2.24, 2.45) is 0 Å². The van der Waals surface area contributed by atoms with E-state index in [9.17, 15) is 0 Å². The van der Waals surface area contributed by atoms with E-state index in [4.69, 9.17) is 0 Å². The molecule has 0 heterocycles. The van der Waals surface area contributed by atoms with Crippen LogP contribution in [0.4, 0.5) is 0 Å². The number of hydrogen-bond acceptors (Lipinski definition) is 2. The molecule has 0 saturated heterocycles. The van der Waals surface area contributed by atoms with Crippen molar-refractivity contribution >= 4 is 12.8 Å². The maximum atomic E-state index is 3.94. The molecule has 0 amide bonds. The molecule has 1 aromatic carbocycles. The summed E-state index contributed by atoms with van der Waals surface area (Å²) < 4.78 is 2.83. The van der Waals surface area contributed by atoms with Gasteiger partial charge in [-0.15, -0.1) is 0 Å². The molecular formula is C9H13NS. The van der Waals surface area contributed by atoms with Crippen LogP contribution in [0.1, 0.15) is 16.7 Å². The second-order valence-electron chi connectivity index (χ2n) is 2.75. The third-order valence-electron chi connectivity index (χ3n) is 1.85. The Labute approximate surface area is 73.4 Å². The van der Waals surface area contributed by atoms with Gasteiger partial charge < -0.3 is 0 Å². The lowest BCUT2D eigenvalue weighted by Crippen LogP contribution is -1.98. The van der Waals surface area contributed by atoms with Crippen molar-refractivity contribution < 1.29 is 0 Å². The van der Waals surface area contributed by atoms with Gasteiger partial charge in [-0.2, -0.15) is 0 Å². The molecule has 0 aromatic heterocycles. The van der Waals surface area contributed by atoms with Gasteiger partial charge in [0.1, 0.15) is 0 Å². The molecule has 0 unspecified atom stereocenters. The Morgan fingerprint density at radius 3 is 2.55 bits per heavy atom. The van der Waals surface area contributed by atoms with E-state index in [2.05, 4.69) is 49.6 Å².